The zero-order valence-corrected chi connectivity index (χ0v) is 13.7. The molecule has 0 fully saturated rings. The summed E-state index contributed by atoms with van der Waals surface area (Å²) in [5.74, 6) is -5.60. The summed E-state index contributed by atoms with van der Waals surface area (Å²) in [5, 5.41) is 33.4. The predicted molar refractivity (Wildman–Crippen MR) is 82.1 cm³/mol. The van der Waals surface area contributed by atoms with Crippen molar-refractivity contribution >= 4 is 29.7 Å². The Kier molecular flexibility index (Phi) is 9.09. The number of carboxylic acids is 2. The van der Waals surface area contributed by atoms with Crippen LogP contribution in [0.3, 0.4) is 0 Å². The Bertz CT molecular complexity index is 536. The minimum atomic E-state index is -1.61. The van der Waals surface area contributed by atoms with Gasteiger partial charge in [0.2, 0.25) is 17.7 Å². The lowest BCUT2D eigenvalue weighted by molar-refractivity contribution is -0.143. The number of carbonyl (C=O) groups excluding carboxylic acids is 3. The van der Waals surface area contributed by atoms with Crippen LogP contribution in [0.15, 0.2) is 0 Å². The molecular formula is C13H22N4O8. The lowest BCUT2D eigenvalue weighted by atomic mass is 10.1. The van der Waals surface area contributed by atoms with E-state index in [2.05, 4.69) is 10.6 Å². The van der Waals surface area contributed by atoms with Crippen LogP contribution in [-0.4, -0.2) is 75.8 Å². The smallest absolute Gasteiger partial charge is 0.325 e. The van der Waals surface area contributed by atoms with E-state index in [4.69, 9.17) is 15.9 Å². The molecule has 0 saturated heterocycles. The summed E-state index contributed by atoms with van der Waals surface area (Å²) >= 11 is 0. The lowest BCUT2D eigenvalue weighted by Gasteiger charge is -2.24. The third-order valence-corrected chi connectivity index (χ3v) is 3.01. The molecule has 0 aromatic carbocycles. The average Bonchev–Trinajstić information content (AvgIpc) is 2.50. The van der Waals surface area contributed by atoms with Crippen molar-refractivity contribution in [1.82, 2.24) is 16.0 Å². The maximum absolute atomic E-state index is 12.1. The standard InChI is InChI=1S/C13H22N4O8/c1-5(13(24)25)15-11(22)7(3-9(20)21)16-12(23)10(6(2)18)17-8(19)4-14/h5-7,10,18H,3-4,14H2,1-2H3,(H,15,22)(H,16,23)(H,17,19)(H,20,21)(H,24,25). The molecule has 8 N–H and O–H groups in total. The first-order valence-corrected chi connectivity index (χ1v) is 7.22. The van der Waals surface area contributed by atoms with Crippen molar-refractivity contribution < 1.29 is 39.3 Å². The van der Waals surface area contributed by atoms with Crippen LogP contribution in [-0.2, 0) is 24.0 Å². The molecule has 0 bridgehead atoms. The van der Waals surface area contributed by atoms with Crippen molar-refractivity contribution in [1.29, 1.82) is 0 Å². The van der Waals surface area contributed by atoms with E-state index >= 15 is 0 Å². The molecule has 4 atom stereocenters. The van der Waals surface area contributed by atoms with Crippen LogP contribution in [0.5, 0.6) is 0 Å². The molecule has 0 spiro atoms. The minimum absolute atomic E-state index is 0.453. The Labute approximate surface area is 142 Å². The highest BCUT2D eigenvalue weighted by Gasteiger charge is 2.31. The van der Waals surface area contributed by atoms with E-state index < -0.39 is 66.9 Å². The van der Waals surface area contributed by atoms with Crippen molar-refractivity contribution in [2.45, 2.75) is 44.5 Å². The second-order valence-electron chi connectivity index (χ2n) is 5.22. The van der Waals surface area contributed by atoms with Gasteiger partial charge in [0.15, 0.2) is 0 Å². The van der Waals surface area contributed by atoms with Crippen LogP contribution in [0.25, 0.3) is 0 Å². The van der Waals surface area contributed by atoms with E-state index in [1.807, 2.05) is 5.32 Å². The number of nitrogens with one attached hydrogen (secondary N) is 3. The number of rotatable bonds is 10. The first-order chi connectivity index (χ1) is 11.5. The van der Waals surface area contributed by atoms with Gasteiger partial charge in [0.1, 0.15) is 18.1 Å². The maximum Gasteiger partial charge on any atom is 0.325 e. The van der Waals surface area contributed by atoms with Crippen LogP contribution < -0.4 is 21.7 Å². The summed E-state index contributed by atoms with van der Waals surface area (Å²) in [6.07, 6.45) is -2.19. The van der Waals surface area contributed by atoms with E-state index in [9.17, 15) is 29.1 Å². The van der Waals surface area contributed by atoms with E-state index in [0.29, 0.717) is 0 Å². The maximum atomic E-state index is 12.1. The molecule has 0 aliphatic heterocycles. The van der Waals surface area contributed by atoms with E-state index in [0.717, 1.165) is 6.92 Å². The highest BCUT2D eigenvalue weighted by Crippen LogP contribution is 1.99. The summed E-state index contributed by atoms with van der Waals surface area (Å²) in [7, 11) is 0. The van der Waals surface area contributed by atoms with E-state index in [1.165, 1.54) is 6.92 Å². The van der Waals surface area contributed by atoms with Crippen molar-refractivity contribution in [3.8, 4) is 0 Å². The first-order valence-electron chi connectivity index (χ1n) is 7.22. The Morgan fingerprint density at radius 1 is 0.960 bits per heavy atom. The number of amides is 3. The summed E-state index contributed by atoms with van der Waals surface area (Å²) < 4.78 is 0. The van der Waals surface area contributed by atoms with Crippen LogP contribution >= 0.6 is 0 Å². The summed E-state index contributed by atoms with van der Waals surface area (Å²) in [6, 6.07) is -4.40. The highest BCUT2D eigenvalue weighted by molar-refractivity contribution is 5.95. The fourth-order valence-corrected chi connectivity index (χ4v) is 1.66. The second kappa shape index (κ2) is 10.2. The monoisotopic (exact) mass is 362 g/mol. The first kappa shape index (κ1) is 22.3. The van der Waals surface area contributed by atoms with Crippen LogP contribution in [0.2, 0.25) is 0 Å². The van der Waals surface area contributed by atoms with Crippen molar-refractivity contribution in [2.75, 3.05) is 6.54 Å². The van der Waals surface area contributed by atoms with Gasteiger partial charge in [0.05, 0.1) is 19.1 Å². The SMILES string of the molecule is CC(NC(=O)C(CC(=O)O)NC(=O)C(NC(=O)CN)C(C)O)C(=O)O. The van der Waals surface area contributed by atoms with Crippen LogP contribution in [0.1, 0.15) is 20.3 Å². The number of hydrogen-bond acceptors (Lipinski definition) is 7. The van der Waals surface area contributed by atoms with Gasteiger partial charge in [-0.3, -0.25) is 24.0 Å². The summed E-state index contributed by atoms with van der Waals surface area (Å²) in [5.41, 5.74) is 5.10. The number of aliphatic hydroxyl groups excluding tert-OH is 1. The Morgan fingerprint density at radius 3 is 1.92 bits per heavy atom. The lowest BCUT2D eigenvalue weighted by Crippen LogP contribution is -2.58. The van der Waals surface area contributed by atoms with E-state index in [-0.39, 0.29) is 0 Å². The molecule has 12 nitrogen and oxygen atoms in total. The van der Waals surface area contributed by atoms with Gasteiger partial charge in [0.25, 0.3) is 0 Å². The molecular weight excluding hydrogens is 340 g/mol. The number of aliphatic hydroxyl groups is 1. The van der Waals surface area contributed by atoms with Gasteiger partial charge in [-0.15, -0.1) is 0 Å². The van der Waals surface area contributed by atoms with Gasteiger partial charge in [-0.05, 0) is 13.8 Å². The predicted octanol–water partition coefficient (Wildman–Crippen LogP) is -3.64. The molecule has 0 aromatic heterocycles. The number of nitrogens with two attached hydrogens (primary N) is 1. The molecule has 0 saturated carbocycles. The fraction of sp³-hybridized carbons (Fsp3) is 0.615. The van der Waals surface area contributed by atoms with Gasteiger partial charge in [0, 0.05) is 0 Å². The fourth-order valence-electron chi connectivity index (χ4n) is 1.66. The summed E-state index contributed by atoms with van der Waals surface area (Å²) in [6.45, 7) is 1.89. The zero-order valence-electron chi connectivity index (χ0n) is 13.7. The Balaban J connectivity index is 5.18. The highest BCUT2D eigenvalue weighted by atomic mass is 16.4. The van der Waals surface area contributed by atoms with Crippen molar-refractivity contribution in [3.05, 3.63) is 0 Å². The van der Waals surface area contributed by atoms with Crippen LogP contribution in [0, 0.1) is 0 Å². The molecule has 12 heteroatoms. The van der Waals surface area contributed by atoms with Crippen molar-refractivity contribution in [3.63, 3.8) is 0 Å². The van der Waals surface area contributed by atoms with Crippen LogP contribution in [0.4, 0.5) is 0 Å². The van der Waals surface area contributed by atoms with Crippen molar-refractivity contribution in [2.24, 2.45) is 5.73 Å². The third kappa shape index (κ3) is 8.08. The summed E-state index contributed by atoms with van der Waals surface area (Å²) in [4.78, 5) is 57.0. The van der Waals surface area contributed by atoms with Gasteiger partial charge >= 0.3 is 11.9 Å². The molecule has 0 rings (SSSR count). The molecule has 0 aliphatic carbocycles. The minimum Gasteiger partial charge on any atom is -0.481 e. The topological polar surface area (TPSA) is 208 Å². The normalized spacial score (nSPS) is 15.2. The molecule has 0 aliphatic rings. The van der Waals surface area contributed by atoms with Gasteiger partial charge in [-0.1, -0.05) is 0 Å². The van der Waals surface area contributed by atoms with Gasteiger partial charge in [-0.25, -0.2) is 0 Å². The van der Waals surface area contributed by atoms with Gasteiger partial charge in [-0.2, -0.15) is 0 Å². The largest absolute Gasteiger partial charge is 0.481 e. The average molecular weight is 362 g/mol. The third-order valence-electron chi connectivity index (χ3n) is 3.01. The second-order valence-corrected chi connectivity index (χ2v) is 5.22. The van der Waals surface area contributed by atoms with Gasteiger partial charge < -0.3 is 37.0 Å². The Morgan fingerprint density at radius 2 is 1.52 bits per heavy atom. The number of carbonyl (C=O) groups is 5. The molecule has 0 heterocycles. The number of aliphatic carboxylic acids is 2. The zero-order chi connectivity index (χ0) is 19.7. The Hall–Kier alpha value is -2.73. The quantitative estimate of drug-likeness (QED) is 0.204. The molecule has 142 valence electrons. The number of carboxylic acid groups (broad SMARTS) is 2. The molecule has 0 radical (unpaired) electrons. The number of hydrogen-bond donors (Lipinski definition) is 7. The van der Waals surface area contributed by atoms with E-state index in [1.54, 1.807) is 0 Å². The molecule has 4 unspecified atom stereocenters. The molecule has 0 aromatic rings. The molecule has 25 heavy (non-hydrogen) atoms. The molecule has 3 amide bonds.